The highest BCUT2D eigenvalue weighted by molar-refractivity contribution is 6.34. The number of carbonyl (C=O) groups is 2. The number of aliphatic carboxylic acids is 1. The van der Waals surface area contributed by atoms with Crippen molar-refractivity contribution in [3.05, 3.63) is 35.9 Å². The second-order valence-corrected chi connectivity index (χ2v) is 3.30. The van der Waals surface area contributed by atoms with Crippen LogP contribution in [0.2, 0.25) is 0 Å². The molecule has 74 valence electrons. The fraction of sp³-hybridized carbons (Fsp3) is 0.200. The van der Waals surface area contributed by atoms with Crippen LogP contribution < -0.4 is 5.11 Å². The Morgan fingerprint density at radius 1 is 1.29 bits per heavy atom. The molecule has 0 saturated carbocycles. The van der Waals surface area contributed by atoms with Crippen LogP contribution >= 0.6 is 11.6 Å². The molecule has 0 aliphatic heterocycles. The molecule has 1 aromatic rings. The molecule has 0 N–H and O–H groups in total. The summed E-state index contributed by atoms with van der Waals surface area (Å²) in [5.74, 6) is -1.72. The van der Waals surface area contributed by atoms with Crippen molar-refractivity contribution < 1.29 is 14.7 Å². The van der Waals surface area contributed by atoms with Crippen molar-refractivity contribution in [3.8, 4) is 0 Å². The quantitative estimate of drug-likeness (QED) is 0.542. The van der Waals surface area contributed by atoms with Crippen LogP contribution in [0.15, 0.2) is 30.3 Å². The zero-order valence-corrected chi connectivity index (χ0v) is 8.03. The highest BCUT2D eigenvalue weighted by Crippen LogP contribution is 2.10. The average Bonchev–Trinajstić information content (AvgIpc) is 2.17. The highest BCUT2D eigenvalue weighted by Gasteiger charge is 2.16. The molecule has 4 heteroatoms. The van der Waals surface area contributed by atoms with Crippen LogP contribution in [0.1, 0.15) is 16.8 Å². The van der Waals surface area contributed by atoms with E-state index in [1.807, 2.05) is 0 Å². The van der Waals surface area contributed by atoms with Crippen molar-refractivity contribution in [3.63, 3.8) is 0 Å². The predicted octanol–water partition coefficient (Wildman–Crippen LogP) is 0.617. The summed E-state index contributed by atoms with van der Waals surface area (Å²) in [7, 11) is 0. The smallest absolute Gasteiger partial charge is 0.181 e. The molecule has 1 rings (SSSR count). The van der Waals surface area contributed by atoms with Gasteiger partial charge in [-0.05, 0) is 0 Å². The first kappa shape index (κ1) is 10.7. The second-order valence-electron chi connectivity index (χ2n) is 2.77. The topological polar surface area (TPSA) is 57.2 Å². The van der Waals surface area contributed by atoms with E-state index in [2.05, 4.69) is 0 Å². The summed E-state index contributed by atoms with van der Waals surface area (Å²) in [4.78, 5) is 21.7. The Morgan fingerprint density at radius 3 is 2.36 bits per heavy atom. The maximum atomic E-state index is 11.5. The van der Waals surface area contributed by atoms with Crippen molar-refractivity contribution in [2.24, 2.45) is 0 Å². The van der Waals surface area contributed by atoms with Crippen molar-refractivity contribution in [2.75, 3.05) is 0 Å². The van der Waals surface area contributed by atoms with Gasteiger partial charge in [0.15, 0.2) is 5.78 Å². The molecule has 1 atom stereocenters. The largest absolute Gasteiger partial charge is 0.550 e. The third kappa shape index (κ3) is 2.85. The number of carboxylic acids is 1. The van der Waals surface area contributed by atoms with Gasteiger partial charge in [0.1, 0.15) is 5.38 Å². The lowest BCUT2D eigenvalue weighted by atomic mass is 10.1. The van der Waals surface area contributed by atoms with E-state index in [-0.39, 0.29) is 0 Å². The summed E-state index contributed by atoms with van der Waals surface area (Å²) < 4.78 is 0. The number of hydrogen-bond donors (Lipinski definition) is 0. The van der Waals surface area contributed by atoms with Crippen LogP contribution in [-0.4, -0.2) is 17.1 Å². The summed E-state index contributed by atoms with van der Waals surface area (Å²) >= 11 is 5.59. The van der Waals surface area contributed by atoms with Crippen molar-refractivity contribution in [2.45, 2.75) is 11.8 Å². The van der Waals surface area contributed by atoms with E-state index in [1.54, 1.807) is 30.3 Å². The second kappa shape index (κ2) is 4.77. The monoisotopic (exact) mass is 211 g/mol. The number of Topliss-reactive ketones (excluding diaryl/α,β-unsaturated/α-hetero) is 1. The number of carbonyl (C=O) groups excluding carboxylic acids is 2. The van der Waals surface area contributed by atoms with E-state index in [4.69, 9.17) is 11.6 Å². The Bertz CT molecular complexity index is 334. The predicted molar refractivity (Wildman–Crippen MR) is 50.0 cm³/mol. The molecular formula is C10H8ClO3-. The normalized spacial score (nSPS) is 12.1. The molecule has 0 saturated heterocycles. The van der Waals surface area contributed by atoms with E-state index in [9.17, 15) is 14.7 Å². The van der Waals surface area contributed by atoms with Crippen LogP contribution in [-0.2, 0) is 4.79 Å². The molecule has 3 nitrogen and oxygen atoms in total. The molecule has 0 bridgehead atoms. The maximum Gasteiger partial charge on any atom is 0.181 e. The Labute approximate surface area is 86.3 Å². The number of ketones is 1. The van der Waals surface area contributed by atoms with Gasteiger partial charge in [0.05, 0.1) is 0 Å². The number of benzene rings is 1. The van der Waals surface area contributed by atoms with Gasteiger partial charge in [-0.2, -0.15) is 0 Å². The zero-order valence-electron chi connectivity index (χ0n) is 7.27. The summed E-state index contributed by atoms with van der Waals surface area (Å²) in [6.07, 6.45) is -0.463. The number of halogens is 1. The van der Waals surface area contributed by atoms with Crippen molar-refractivity contribution in [1.29, 1.82) is 0 Å². The number of alkyl halides is 1. The van der Waals surface area contributed by atoms with Crippen LogP contribution in [0.4, 0.5) is 0 Å². The van der Waals surface area contributed by atoms with Gasteiger partial charge in [0.2, 0.25) is 0 Å². The van der Waals surface area contributed by atoms with Gasteiger partial charge in [-0.25, -0.2) is 0 Å². The minimum atomic E-state index is -1.32. The van der Waals surface area contributed by atoms with Gasteiger partial charge in [0.25, 0.3) is 0 Å². The fourth-order valence-corrected chi connectivity index (χ4v) is 1.27. The molecular weight excluding hydrogens is 204 g/mol. The van der Waals surface area contributed by atoms with E-state index >= 15 is 0 Å². The van der Waals surface area contributed by atoms with Crippen LogP contribution in [0, 0.1) is 0 Å². The highest BCUT2D eigenvalue weighted by atomic mass is 35.5. The lowest BCUT2D eigenvalue weighted by Gasteiger charge is -2.08. The van der Waals surface area contributed by atoms with Crippen LogP contribution in [0.25, 0.3) is 0 Å². The minimum Gasteiger partial charge on any atom is -0.550 e. The molecule has 0 heterocycles. The Kier molecular flexibility index (Phi) is 3.65. The number of hydrogen-bond acceptors (Lipinski definition) is 3. The number of carboxylic acid groups (broad SMARTS) is 1. The van der Waals surface area contributed by atoms with Gasteiger partial charge in [0, 0.05) is 18.0 Å². The standard InChI is InChI=1S/C10H9ClO3/c11-8(6-9(12)13)10(14)7-4-2-1-3-5-7/h1-5,8H,6H2,(H,12,13)/p-1. The summed E-state index contributed by atoms with van der Waals surface area (Å²) in [5.41, 5.74) is 0.411. The molecule has 1 aromatic carbocycles. The lowest BCUT2D eigenvalue weighted by molar-refractivity contribution is -0.305. The van der Waals surface area contributed by atoms with Gasteiger partial charge in [-0.3, -0.25) is 4.79 Å². The first-order chi connectivity index (χ1) is 6.61. The van der Waals surface area contributed by atoms with Crippen LogP contribution in [0.5, 0.6) is 0 Å². The zero-order chi connectivity index (χ0) is 10.6. The van der Waals surface area contributed by atoms with Crippen molar-refractivity contribution >= 4 is 23.4 Å². The molecule has 0 aromatic heterocycles. The fourth-order valence-electron chi connectivity index (χ4n) is 1.02. The summed E-state index contributed by atoms with van der Waals surface area (Å²) in [6.45, 7) is 0. The van der Waals surface area contributed by atoms with E-state index in [1.165, 1.54) is 0 Å². The van der Waals surface area contributed by atoms with Crippen molar-refractivity contribution in [1.82, 2.24) is 0 Å². The summed E-state index contributed by atoms with van der Waals surface area (Å²) in [5, 5.41) is 9.14. The Morgan fingerprint density at radius 2 is 1.86 bits per heavy atom. The van der Waals surface area contributed by atoms with Gasteiger partial charge < -0.3 is 9.90 Å². The average molecular weight is 212 g/mol. The molecule has 0 fully saturated rings. The third-order valence-corrected chi connectivity index (χ3v) is 2.04. The summed E-state index contributed by atoms with van der Waals surface area (Å²) in [6, 6.07) is 8.32. The minimum absolute atomic E-state index is 0.392. The van der Waals surface area contributed by atoms with E-state index in [0.29, 0.717) is 5.56 Å². The molecule has 14 heavy (non-hydrogen) atoms. The van der Waals surface area contributed by atoms with E-state index < -0.39 is 23.6 Å². The first-order valence-electron chi connectivity index (χ1n) is 4.04. The number of rotatable bonds is 4. The lowest BCUT2D eigenvalue weighted by Crippen LogP contribution is -2.29. The van der Waals surface area contributed by atoms with Crippen LogP contribution in [0.3, 0.4) is 0 Å². The third-order valence-electron chi connectivity index (χ3n) is 1.69. The molecule has 1 unspecified atom stereocenters. The molecule has 0 aliphatic carbocycles. The SMILES string of the molecule is O=C([O-])CC(Cl)C(=O)c1ccccc1. The maximum absolute atomic E-state index is 11.5. The first-order valence-corrected chi connectivity index (χ1v) is 4.48. The Balaban J connectivity index is 2.71. The molecule has 0 radical (unpaired) electrons. The molecule has 0 amide bonds. The molecule has 0 spiro atoms. The Hall–Kier alpha value is -1.35. The van der Waals surface area contributed by atoms with E-state index in [0.717, 1.165) is 0 Å². The molecule has 0 aliphatic rings. The van der Waals surface area contributed by atoms with Gasteiger partial charge in [-0.1, -0.05) is 30.3 Å². The van der Waals surface area contributed by atoms with Gasteiger partial charge in [-0.15, -0.1) is 11.6 Å². The van der Waals surface area contributed by atoms with Gasteiger partial charge >= 0.3 is 0 Å².